The first kappa shape index (κ1) is 15.3. The number of hydrogen-bond acceptors (Lipinski definition) is 3. The summed E-state index contributed by atoms with van der Waals surface area (Å²) < 4.78 is 1.70. The number of halogens is 2. The highest BCUT2D eigenvalue weighted by Crippen LogP contribution is 2.51. The van der Waals surface area contributed by atoms with Crippen molar-refractivity contribution in [2.45, 2.75) is 18.4 Å². The highest BCUT2D eigenvalue weighted by molar-refractivity contribution is 6.35. The second-order valence-electron chi connectivity index (χ2n) is 5.97. The van der Waals surface area contributed by atoms with Gasteiger partial charge in [0.05, 0.1) is 28.5 Å². The molecule has 0 spiro atoms. The van der Waals surface area contributed by atoms with Gasteiger partial charge in [-0.2, -0.15) is 5.10 Å². The molecular weight excluding hydrogens is 347 g/mol. The lowest BCUT2D eigenvalue weighted by Gasteiger charge is -2.22. The minimum absolute atomic E-state index is 0.321. The van der Waals surface area contributed by atoms with Gasteiger partial charge in [-0.25, -0.2) is 4.52 Å². The number of fused-ring (bicyclic) bond motifs is 1. The highest BCUT2D eigenvalue weighted by atomic mass is 35.5. The number of rotatable bonds is 4. The van der Waals surface area contributed by atoms with E-state index in [9.17, 15) is 4.79 Å². The maximum absolute atomic E-state index is 11.8. The lowest BCUT2D eigenvalue weighted by atomic mass is 10.0. The fourth-order valence-electron chi connectivity index (χ4n) is 3.02. The number of aromatic nitrogens is 2. The average Bonchev–Trinajstić information content (AvgIpc) is 3.13. The number of nitrogens with two attached hydrogens (primary N) is 1. The van der Waals surface area contributed by atoms with E-state index in [1.54, 1.807) is 10.6 Å². The Kier molecular flexibility index (Phi) is 3.44. The number of carbonyl (C=O) groups is 1. The Balaban J connectivity index is 1.83. The van der Waals surface area contributed by atoms with Crippen LogP contribution in [0.2, 0.25) is 10.0 Å². The molecular formula is C17H14Cl2N4O. The van der Waals surface area contributed by atoms with Crippen molar-refractivity contribution < 1.29 is 4.79 Å². The van der Waals surface area contributed by atoms with Gasteiger partial charge in [0.2, 0.25) is 0 Å². The number of primary amides is 1. The minimum atomic E-state index is -0.522. The maximum atomic E-state index is 11.8. The summed E-state index contributed by atoms with van der Waals surface area (Å²) in [6.07, 6.45) is 5.11. The van der Waals surface area contributed by atoms with Gasteiger partial charge in [0.25, 0.3) is 5.91 Å². The largest absolute Gasteiger partial charge is 0.373 e. The van der Waals surface area contributed by atoms with Crippen molar-refractivity contribution in [1.82, 2.24) is 9.61 Å². The van der Waals surface area contributed by atoms with Gasteiger partial charge in [-0.1, -0.05) is 29.3 Å². The molecule has 0 radical (unpaired) electrons. The third-order valence-electron chi connectivity index (χ3n) is 4.39. The SMILES string of the molecule is NC(=O)c1cnn2cccc2c1NC1(c2ccc(Cl)cc2Cl)CC1. The fourth-order valence-corrected chi connectivity index (χ4v) is 3.60. The number of anilines is 1. The van der Waals surface area contributed by atoms with Crippen LogP contribution in [0.3, 0.4) is 0 Å². The lowest BCUT2D eigenvalue weighted by Crippen LogP contribution is -2.23. The maximum Gasteiger partial charge on any atom is 0.252 e. The summed E-state index contributed by atoms with van der Waals surface area (Å²) in [5.74, 6) is -0.522. The normalized spacial score (nSPS) is 15.4. The molecule has 0 atom stereocenters. The molecule has 1 fully saturated rings. The van der Waals surface area contributed by atoms with Crippen molar-refractivity contribution in [1.29, 1.82) is 0 Å². The van der Waals surface area contributed by atoms with E-state index in [1.807, 2.05) is 30.5 Å². The summed E-state index contributed by atoms with van der Waals surface area (Å²) in [5.41, 5.74) is 8.00. The van der Waals surface area contributed by atoms with Gasteiger partial charge in [-0.15, -0.1) is 0 Å². The summed E-state index contributed by atoms with van der Waals surface area (Å²) in [6, 6.07) is 9.23. The summed E-state index contributed by atoms with van der Waals surface area (Å²) in [5, 5.41) is 8.90. The number of benzene rings is 1. The zero-order chi connectivity index (χ0) is 16.9. The van der Waals surface area contributed by atoms with Crippen LogP contribution in [0.1, 0.15) is 28.8 Å². The zero-order valence-electron chi connectivity index (χ0n) is 12.6. The summed E-state index contributed by atoms with van der Waals surface area (Å²) >= 11 is 12.4. The Morgan fingerprint density at radius 1 is 1.29 bits per heavy atom. The quantitative estimate of drug-likeness (QED) is 0.742. The van der Waals surface area contributed by atoms with Crippen LogP contribution in [0.5, 0.6) is 0 Å². The van der Waals surface area contributed by atoms with E-state index in [0.717, 1.165) is 23.9 Å². The van der Waals surface area contributed by atoms with E-state index in [-0.39, 0.29) is 5.54 Å². The molecule has 24 heavy (non-hydrogen) atoms. The molecule has 1 aliphatic rings. The third kappa shape index (κ3) is 2.41. The Morgan fingerprint density at radius 3 is 2.75 bits per heavy atom. The van der Waals surface area contributed by atoms with Crippen molar-refractivity contribution in [2.75, 3.05) is 5.32 Å². The number of hydrogen-bond donors (Lipinski definition) is 2. The molecule has 4 rings (SSSR count). The molecule has 1 saturated carbocycles. The Hall–Kier alpha value is -2.24. The van der Waals surface area contributed by atoms with Crippen LogP contribution in [0.15, 0.2) is 42.7 Å². The molecule has 3 N–H and O–H groups in total. The second-order valence-corrected chi connectivity index (χ2v) is 6.81. The van der Waals surface area contributed by atoms with Crippen molar-refractivity contribution in [3.8, 4) is 0 Å². The number of amides is 1. The van der Waals surface area contributed by atoms with Crippen LogP contribution in [0.25, 0.3) is 5.52 Å². The van der Waals surface area contributed by atoms with Gasteiger partial charge in [0, 0.05) is 16.2 Å². The van der Waals surface area contributed by atoms with Gasteiger partial charge in [-0.05, 0) is 42.7 Å². The van der Waals surface area contributed by atoms with Gasteiger partial charge < -0.3 is 11.1 Å². The third-order valence-corrected chi connectivity index (χ3v) is 4.94. The monoisotopic (exact) mass is 360 g/mol. The lowest BCUT2D eigenvalue weighted by molar-refractivity contribution is 0.100. The molecule has 0 saturated heterocycles. The van der Waals surface area contributed by atoms with Crippen LogP contribution in [0.4, 0.5) is 5.69 Å². The molecule has 5 nitrogen and oxygen atoms in total. The molecule has 1 amide bonds. The van der Waals surface area contributed by atoms with Crippen molar-refractivity contribution in [3.63, 3.8) is 0 Å². The minimum Gasteiger partial charge on any atom is -0.373 e. The van der Waals surface area contributed by atoms with Crippen molar-refractivity contribution in [3.05, 3.63) is 63.9 Å². The molecule has 2 heterocycles. The Morgan fingerprint density at radius 2 is 2.08 bits per heavy atom. The van der Waals surface area contributed by atoms with Gasteiger partial charge >= 0.3 is 0 Å². The summed E-state index contributed by atoms with van der Waals surface area (Å²) in [7, 11) is 0. The number of carbonyl (C=O) groups excluding carboxylic acids is 1. The van der Waals surface area contributed by atoms with Gasteiger partial charge in [0.1, 0.15) is 0 Å². The molecule has 1 aromatic carbocycles. The molecule has 7 heteroatoms. The predicted octanol–water partition coefficient (Wildman–Crippen LogP) is 3.84. The van der Waals surface area contributed by atoms with Gasteiger partial charge in [-0.3, -0.25) is 4.79 Å². The average molecular weight is 361 g/mol. The highest BCUT2D eigenvalue weighted by Gasteiger charge is 2.46. The molecule has 3 aromatic rings. The van der Waals surface area contributed by atoms with E-state index >= 15 is 0 Å². The molecule has 2 aromatic heterocycles. The van der Waals surface area contributed by atoms with Crippen LogP contribution >= 0.6 is 23.2 Å². The van der Waals surface area contributed by atoms with Crippen LogP contribution in [0, 0.1) is 0 Å². The van der Waals surface area contributed by atoms with E-state index in [4.69, 9.17) is 28.9 Å². The van der Waals surface area contributed by atoms with Gasteiger partial charge in [0.15, 0.2) is 0 Å². The number of nitrogens with zero attached hydrogens (tertiary/aromatic N) is 2. The second kappa shape index (κ2) is 5.40. The zero-order valence-corrected chi connectivity index (χ0v) is 14.1. The van der Waals surface area contributed by atoms with E-state index in [1.165, 1.54) is 6.20 Å². The van der Waals surface area contributed by atoms with E-state index < -0.39 is 5.91 Å². The first-order chi connectivity index (χ1) is 11.5. The fraction of sp³-hybridized carbons (Fsp3) is 0.176. The van der Waals surface area contributed by atoms with Crippen molar-refractivity contribution in [2.24, 2.45) is 5.73 Å². The first-order valence-corrected chi connectivity index (χ1v) is 8.26. The van der Waals surface area contributed by atoms with Crippen LogP contribution in [-0.4, -0.2) is 15.5 Å². The summed E-state index contributed by atoms with van der Waals surface area (Å²) in [4.78, 5) is 11.8. The van der Waals surface area contributed by atoms with Crippen molar-refractivity contribution >= 4 is 40.3 Å². The topological polar surface area (TPSA) is 72.4 Å². The van der Waals surface area contributed by atoms with Crippen LogP contribution < -0.4 is 11.1 Å². The van der Waals surface area contributed by atoms with Crippen LogP contribution in [-0.2, 0) is 5.54 Å². The van der Waals surface area contributed by atoms with E-state index in [0.29, 0.717) is 21.3 Å². The predicted molar refractivity (Wildman–Crippen MR) is 94.7 cm³/mol. The Bertz CT molecular complexity index is 962. The number of nitrogens with one attached hydrogen (secondary N) is 1. The standard InChI is InChI=1S/C17H14Cl2N4O/c18-10-3-4-12(13(19)8-10)17(5-6-17)22-15-11(16(20)24)9-21-23-7-1-2-14(15)23/h1-4,7-9,22H,5-6H2,(H2,20,24). The molecule has 0 unspecified atom stereocenters. The summed E-state index contributed by atoms with van der Waals surface area (Å²) in [6.45, 7) is 0. The smallest absolute Gasteiger partial charge is 0.252 e. The Labute approximate surface area is 148 Å². The molecule has 0 aliphatic heterocycles. The molecule has 0 bridgehead atoms. The molecule has 1 aliphatic carbocycles. The van der Waals surface area contributed by atoms with E-state index in [2.05, 4.69) is 10.4 Å². The molecule has 122 valence electrons. The first-order valence-electron chi connectivity index (χ1n) is 7.50.